The van der Waals surface area contributed by atoms with Gasteiger partial charge in [0.25, 0.3) is 0 Å². The van der Waals surface area contributed by atoms with Gasteiger partial charge in [0.1, 0.15) is 17.1 Å². The molecular weight excluding hydrogens is 428 g/mol. The number of ketones is 1. The first-order valence-corrected chi connectivity index (χ1v) is 12.6. The minimum absolute atomic E-state index is 0.192. The van der Waals surface area contributed by atoms with E-state index in [1.165, 1.54) is 5.56 Å². The second-order valence-corrected chi connectivity index (χ2v) is 8.08. The van der Waals surface area contributed by atoms with Gasteiger partial charge in [-0.25, -0.2) is 0 Å². The van der Waals surface area contributed by atoms with E-state index in [2.05, 4.69) is 26.0 Å². The van der Waals surface area contributed by atoms with Crippen molar-refractivity contribution >= 4 is 11.9 Å². The average Bonchev–Trinajstić information content (AvgIpc) is 2.87. The lowest BCUT2D eigenvalue weighted by Gasteiger charge is -2.18. The highest BCUT2D eigenvalue weighted by Gasteiger charge is 2.22. The summed E-state index contributed by atoms with van der Waals surface area (Å²) in [6.07, 6.45) is 7.73. The highest BCUT2D eigenvalue weighted by Crippen LogP contribution is 2.39. The summed E-state index contributed by atoms with van der Waals surface area (Å²) in [7, 11) is 0. The van der Waals surface area contributed by atoms with Gasteiger partial charge in [0.05, 0.1) is 26.4 Å². The third kappa shape index (κ3) is 7.82. The summed E-state index contributed by atoms with van der Waals surface area (Å²) in [4.78, 5) is 13.5. The highest BCUT2D eigenvalue weighted by atomic mass is 16.5. The number of benzene rings is 2. The first kappa shape index (κ1) is 27.3. The first-order valence-electron chi connectivity index (χ1n) is 12.6. The predicted octanol–water partition coefficient (Wildman–Crippen LogP) is 7.30. The Morgan fingerprint density at radius 3 is 1.85 bits per heavy atom. The molecule has 0 fully saturated rings. The fourth-order valence-corrected chi connectivity index (χ4v) is 3.32. The van der Waals surface area contributed by atoms with Crippen molar-refractivity contribution in [2.24, 2.45) is 0 Å². The molecule has 0 heterocycles. The zero-order valence-electron chi connectivity index (χ0n) is 21.4. The van der Waals surface area contributed by atoms with Crippen LogP contribution in [0, 0.1) is 0 Å². The van der Waals surface area contributed by atoms with Crippen molar-refractivity contribution in [1.82, 2.24) is 0 Å². The van der Waals surface area contributed by atoms with Gasteiger partial charge in [-0.15, -0.1) is 0 Å². The van der Waals surface area contributed by atoms with Gasteiger partial charge in [0.2, 0.25) is 0 Å². The molecule has 5 heteroatoms. The Hall–Kier alpha value is -2.95. The third-order valence-electron chi connectivity index (χ3n) is 5.06. The monoisotopic (exact) mass is 468 g/mol. The normalized spacial score (nSPS) is 11.0. The zero-order chi connectivity index (χ0) is 24.8. The summed E-state index contributed by atoms with van der Waals surface area (Å²) in [6, 6.07) is 9.73. The molecule has 2 aromatic carbocycles. The second-order valence-electron chi connectivity index (χ2n) is 8.08. The third-order valence-corrected chi connectivity index (χ3v) is 5.06. The van der Waals surface area contributed by atoms with Crippen LogP contribution < -0.4 is 18.9 Å². The molecule has 0 aliphatic rings. The molecule has 0 amide bonds. The summed E-state index contributed by atoms with van der Waals surface area (Å²) in [6.45, 7) is 12.5. The van der Waals surface area contributed by atoms with Gasteiger partial charge in [-0.3, -0.25) is 4.79 Å². The van der Waals surface area contributed by atoms with Crippen LogP contribution in [0.15, 0.2) is 36.4 Å². The van der Waals surface area contributed by atoms with Crippen LogP contribution in [-0.2, 0) is 6.42 Å². The molecule has 0 bridgehead atoms. The van der Waals surface area contributed by atoms with E-state index >= 15 is 0 Å². The van der Waals surface area contributed by atoms with E-state index in [1.807, 2.05) is 39.0 Å². The molecule has 0 saturated heterocycles. The van der Waals surface area contributed by atoms with Gasteiger partial charge in [0, 0.05) is 5.56 Å². The summed E-state index contributed by atoms with van der Waals surface area (Å²) >= 11 is 0. The Kier molecular flexibility index (Phi) is 12.1. The minimum atomic E-state index is -0.192. The van der Waals surface area contributed by atoms with Crippen molar-refractivity contribution in [3.63, 3.8) is 0 Å². The summed E-state index contributed by atoms with van der Waals surface area (Å²) in [5.41, 5.74) is 2.46. The van der Waals surface area contributed by atoms with Crippen molar-refractivity contribution in [2.45, 2.75) is 66.7 Å². The molecule has 5 nitrogen and oxygen atoms in total. The molecule has 0 spiro atoms. The van der Waals surface area contributed by atoms with E-state index in [0.29, 0.717) is 49.2 Å². The maximum atomic E-state index is 13.5. The molecule has 186 valence electrons. The van der Waals surface area contributed by atoms with Crippen LogP contribution in [0.3, 0.4) is 0 Å². The quantitative estimate of drug-likeness (QED) is 0.191. The van der Waals surface area contributed by atoms with Crippen molar-refractivity contribution in [3.05, 3.63) is 53.1 Å². The van der Waals surface area contributed by atoms with Crippen molar-refractivity contribution in [1.29, 1.82) is 0 Å². The van der Waals surface area contributed by atoms with Gasteiger partial charge in [-0.05, 0) is 74.1 Å². The van der Waals surface area contributed by atoms with Gasteiger partial charge in [-0.2, -0.15) is 0 Å². The first-order chi connectivity index (χ1) is 16.6. The Morgan fingerprint density at radius 2 is 1.24 bits per heavy atom. The smallest absolute Gasteiger partial charge is 0.193 e. The van der Waals surface area contributed by atoms with Gasteiger partial charge in [0.15, 0.2) is 17.3 Å². The van der Waals surface area contributed by atoms with E-state index in [-0.39, 0.29) is 5.78 Å². The number of carbonyl (C=O) groups excluding carboxylic acids is 1. The molecule has 0 radical (unpaired) electrons. The molecule has 0 aliphatic heterocycles. The van der Waals surface area contributed by atoms with Crippen LogP contribution in [0.2, 0.25) is 0 Å². The van der Waals surface area contributed by atoms with Crippen molar-refractivity contribution in [2.75, 3.05) is 26.4 Å². The van der Waals surface area contributed by atoms with Crippen LogP contribution in [0.25, 0.3) is 6.08 Å². The van der Waals surface area contributed by atoms with Crippen LogP contribution in [0.1, 0.15) is 81.8 Å². The number of allylic oxidation sites excluding steroid dienone is 1. The number of hydrogen-bond acceptors (Lipinski definition) is 5. The fraction of sp³-hybridized carbons (Fsp3) is 0.483. The molecule has 0 aromatic heterocycles. The van der Waals surface area contributed by atoms with Crippen molar-refractivity contribution in [3.8, 4) is 23.0 Å². The lowest BCUT2D eigenvalue weighted by atomic mass is 10.0. The van der Waals surface area contributed by atoms with E-state index in [4.69, 9.17) is 18.9 Å². The SMILES string of the molecule is CCCOc1ccc(CC)cc1/C=C/C(=O)c1c(OCCC)ccc(OCCC)c1OCCC. The molecule has 2 aromatic rings. The number of hydrogen-bond donors (Lipinski definition) is 0. The standard InChI is InChI=1S/C29H40O5/c1-6-17-31-25-14-11-22(10-5)21-23(25)12-13-24(30)28-26(32-18-7-2)15-16-27(33-19-8-3)29(28)34-20-9-4/h11-16,21H,6-10,17-20H2,1-5H3/b13-12+. The molecule has 0 saturated carbocycles. The molecular formula is C29H40O5. The molecule has 0 unspecified atom stereocenters. The fourth-order valence-electron chi connectivity index (χ4n) is 3.32. The van der Waals surface area contributed by atoms with Crippen molar-refractivity contribution < 1.29 is 23.7 Å². The number of ether oxygens (including phenoxy) is 4. The van der Waals surface area contributed by atoms with Crippen LogP contribution in [-0.4, -0.2) is 32.2 Å². The maximum absolute atomic E-state index is 13.5. The van der Waals surface area contributed by atoms with E-state index in [9.17, 15) is 4.79 Å². The predicted molar refractivity (Wildman–Crippen MR) is 139 cm³/mol. The van der Waals surface area contributed by atoms with Gasteiger partial charge < -0.3 is 18.9 Å². The summed E-state index contributed by atoms with van der Waals surface area (Å²) < 4.78 is 23.8. The number of aryl methyl sites for hydroxylation is 1. The Labute approximate surface area is 205 Å². The molecule has 2 rings (SSSR count). The largest absolute Gasteiger partial charge is 0.493 e. The highest BCUT2D eigenvalue weighted by molar-refractivity contribution is 6.11. The second kappa shape index (κ2) is 15.0. The van der Waals surface area contributed by atoms with Gasteiger partial charge in [-0.1, -0.05) is 40.7 Å². The van der Waals surface area contributed by atoms with Crippen LogP contribution >= 0.6 is 0 Å². The van der Waals surface area contributed by atoms with Crippen LogP contribution in [0.5, 0.6) is 23.0 Å². The Bertz CT molecular complexity index is 932. The lowest BCUT2D eigenvalue weighted by Crippen LogP contribution is -2.10. The number of carbonyl (C=O) groups is 1. The Morgan fingerprint density at radius 1 is 0.706 bits per heavy atom. The zero-order valence-corrected chi connectivity index (χ0v) is 21.4. The summed E-state index contributed by atoms with van der Waals surface area (Å²) in [5, 5.41) is 0. The van der Waals surface area contributed by atoms with Crippen LogP contribution in [0.4, 0.5) is 0 Å². The minimum Gasteiger partial charge on any atom is -0.493 e. The number of rotatable bonds is 16. The van der Waals surface area contributed by atoms with E-state index in [1.54, 1.807) is 12.1 Å². The Balaban J connectivity index is 2.50. The molecule has 0 aliphatic carbocycles. The molecule has 0 N–H and O–H groups in total. The van der Waals surface area contributed by atoms with E-state index in [0.717, 1.165) is 43.4 Å². The average molecular weight is 469 g/mol. The van der Waals surface area contributed by atoms with E-state index < -0.39 is 0 Å². The molecule has 0 atom stereocenters. The lowest BCUT2D eigenvalue weighted by molar-refractivity contribution is 0.103. The maximum Gasteiger partial charge on any atom is 0.193 e. The molecule has 34 heavy (non-hydrogen) atoms. The topological polar surface area (TPSA) is 54.0 Å². The van der Waals surface area contributed by atoms with Gasteiger partial charge >= 0.3 is 0 Å². The summed E-state index contributed by atoms with van der Waals surface area (Å²) in [5.74, 6) is 2.10.